The fourth-order valence-corrected chi connectivity index (χ4v) is 2.61. The molecule has 1 aromatic carbocycles. The van der Waals surface area contributed by atoms with Crippen LogP contribution in [-0.4, -0.2) is 63.7 Å². The third kappa shape index (κ3) is 3.54. The molecule has 0 aliphatic carbocycles. The topological polar surface area (TPSA) is 108 Å². The van der Waals surface area contributed by atoms with Crippen LogP contribution in [0.2, 0.25) is 0 Å². The summed E-state index contributed by atoms with van der Waals surface area (Å²) in [7, 11) is 1.92. The molecule has 1 fully saturated rings. The predicted molar refractivity (Wildman–Crippen MR) is 97.0 cm³/mol. The van der Waals surface area contributed by atoms with Gasteiger partial charge in [-0.05, 0) is 12.1 Å². The monoisotopic (exact) mass is 353 g/mol. The highest BCUT2D eigenvalue weighted by molar-refractivity contribution is 5.59. The van der Waals surface area contributed by atoms with E-state index in [0.29, 0.717) is 36.9 Å². The summed E-state index contributed by atoms with van der Waals surface area (Å²) >= 11 is 0. The van der Waals surface area contributed by atoms with Crippen molar-refractivity contribution in [2.45, 2.75) is 0 Å². The number of morpholine rings is 1. The molecule has 10 heteroatoms. The number of para-hydroxylation sites is 1. The molecule has 0 radical (unpaired) electrons. The highest BCUT2D eigenvalue weighted by atomic mass is 16.5. The van der Waals surface area contributed by atoms with Gasteiger partial charge in [-0.1, -0.05) is 18.2 Å². The molecule has 0 amide bonds. The normalized spacial score (nSPS) is 14.3. The van der Waals surface area contributed by atoms with Crippen molar-refractivity contribution in [2.24, 2.45) is 0 Å². The number of nitrogens with zero attached hydrogens (tertiary/aromatic N) is 7. The van der Waals surface area contributed by atoms with Crippen molar-refractivity contribution in [1.29, 1.82) is 0 Å². The van der Waals surface area contributed by atoms with Gasteiger partial charge < -0.3 is 19.9 Å². The van der Waals surface area contributed by atoms with Gasteiger partial charge in [0, 0.05) is 25.8 Å². The fourth-order valence-electron chi connectivity index (χ4n) is 2.61. The Balaban J connectivity index is 1.69. The third-order valence-corrected chi connectivity index (χ3v) is 4.00. The van der Waals surface area contributed by atoms with Crippen molar-refractivity contribution < 1.29 is 4.74 Å². The molecule has 2 N–H and O–H groups in total. The highest BCUT2D eigenvalue weighted by Crippen LogP contribution is 2.24. The van der Waals surface area contributed by atoms with Gasteiger partial charge in [-0.25, -0.2) is 0 Å². The Bertz CT molecular complexity index is 834. The molecule has 0 bridgehead atoms. The Labute approximate surface area is 150 Å². The fraction of sp³-hybridized carbons (Fsp3) is 0.312. The number of nitrogens with one attached hydrogen (secondary N) is 2. The average Bonchev–Trinajstić information content (AvgIpc) is 3.21. The predicted octanol–water partition coefficient (Wildman–Crippen LogP) is 1.34. The summed E-state index contributed by atoms with van der Waals surface area (Å²) < 4.78 is 5.42. The second kappa shape index (κ2) is 7.31. The summed E-state index contributed by atoms with van der Waals surface area (Å²) in [5.41, 5.74) is 0.985. The zero-order chi connectivity index (χ0) is 17.8. The van der Waals surface area contributed by atoms with Gasteiger partial charge in [0.1, 0.15) is 0 Å². The lowest BCUT2D eigenvalue weighted by molar-refractivity contribution is 0.122. The summed E-state index contributed by atoms with van der Waals surface area (Å²) in [5, 5.41) is 13.4. The summed E-state index contributed by atoms with van der Waals surface area (Å²) in [6, 6.07) is 9.93. The zero-order valence-corrected chi connectivity index (χ0v) is 14.3. The van der Waals surface area contributed by atoms with Crippen molar-refractivity contribution in [1.82, 2.24) is 30.4 Å². The standard InChI is InChI=1S/C16H19N9O/c1-24(12-5-3-2-4-6-12)15-19-14(18-13-11-17-23-22-13)20-16(21-15)25-7-9-26-10-8-25/h2-6,11H,7-10H2,1H3,(H2,17,18,19,20,21,22,23). The molecule has 0 unspecified atom stereocenters. The van der Waals surface area contributed by atoms with E-state index in [9.17, 15) is 0 Å². The van der Waals surface area contributed by atoms with E-state index in [1.165, 1.54) is 0 Å². The molecule has 0 spiro atoms. The van der Waals surface area contributed by atoms with Gasteiger partial charge in [0.05, 0.1) is 19.4 Å². The molecule has 3 heterocycles. The van der Waals surface area contributed by atoms with Crippen molar-refractivity contribution in [3.8, 4) is 0 Å². The Kier molecular flexibility index (Phi) is 4.56. The van der Waals surface area contributed by atoms with Gasteiger partial charge in [-0.2, -0.15) is 25.3 Å². The Morgan fingerprint density at radius 2 is 1.92 bits per heavy atom. The van der Waals surface area contributed by atoms with Crippen LogP contribution in [-0.2, 0) is 4.74 Å². The maximum Gasteiger partial charge on any atom is 0.236 e. The molecule has 134 valence electrons. The Morgan fingerprint density at radius 1 is 1.12 bits per heavy atom. The molecule has 1 aliphatic heterocycles. The first kappa shape index (κ1) is 16.2. The minimum Gasteiger partial charge on any atom is -0.378 e. The number of anilines is 5. The largest absolute Gasteiger partial charge is 0.378 e. The van der Waals surface area contributed by atoms with Crippen LogP contribution in [0.15, 0.2) is 36.5 Å². The maximum absolute atomic E-state index is 5.42. The van der Waals surface area contributed by atoms with Crippen molar-refractivity contribution in [2.75, 3.05) is 48.5 Å². The van der Waals surface area contributed by atoms with Gasteiger partial charge in [-0.15, -0.1) is 5.10 Å². The minimum atomic E-state index is 0.410. The van der Waals surface area contributed by atoms with Crippen LogP contribution < -0.4 is 15.1 Å². The summed E-state index contributed by atoms with van der Waals surface area (Å²) in [5.74, 6) is 2.09. The Morgan fingerprint density at radius 3 is 2.65 bits per heavy atom. The van der Waals surface area contributed by atoms with Crippen LogP contribution in [0.1, 0.15) is 0 Å². The number of hydrogen-bond acceptors (Lipinski definition) is 9. The van der Waals surface area contributed by atoms with E-state index in [-0.39, 0.29) is 0 Å². The number of hydrogen-bond donors (Lipinski definition) is 2. The Hall–Kier alpha value is -3.27. The molecule has 1 saturated heterocycles. The molecule has 0 saturated carbocycles. The number of aromatic amines is 1. The molecule has 1 aliphatic rings. The molecule has 2 aromatic heterocycles. The van der Waals surface area contributed by atoms with E-state index < -0.39 is 0 Å². The van der Waals surface area contributed by atoms with E-state index in [2.05, 4.69) is 40.6 Å². The molecule has 4 rings (SSSR count). The molecule has 26 heavy (non-hydrogen) atoms. The second-order valence-electron chi connectivity index (χ2n) is 5.73. The first-order valence-electron chi connectivity index (χ1n) is 8.30. The number of benzene rings is 1. The smallest absolute Gasteiger partial charge is 0.236 e. The van der Waals surface area contributed by atoms with E-state index >= 15 is 0 Å². The van der Waals surface area contributed by atoms with E-state index in [1.807, 2.05) is 42.3 Å². The van der Waals surface area contributed by atoms with Crippen LogP contribution in [0.3, 0.4) is 0 Å². The summed E-state index contributed by atoms with van der Waals surface area (Å²) in [6.45, 7) is 2.78. The quantitative estimate of drug-likeness (QED) is 0.702. The lowest BCUT2D eigenvalue weighted by Gasteiger charge is -2.28. The summed E-state index contributed by atoms with van der Waals surface area (Å²) in [4.78, 5) is 17.7. The van der Waals surface area contributed by atoms with Crippen molar-refractivity contribution in [3.05, 3.63) is 36.5 Å². The van der Waals surface area contributed by atoms with E-state index in [1.54, 1.807) is 6.20 Å². The van der Waals surface area contributed by atoms with Gasteiger partial charge in [0.15, 0.2) is 5.82 Å². The van der Waals surface area contributed by atoms with E-state index in [4.69, 9.17) is 4.74 Å². The maximum atomic E-state index is 5.42. The SMILES string of the molecule is CN(c1ccccc1)c1nc(Nc2cn[nH]n2)nc(N2CCOCC2)n1. The first-order chi connectivity index (χ1) is 12.8. The van der Waals surface area contributed by atoms with Gasteiger partial charge in [-0.3, -0.25) is 0 Å². The van der Waals surface area contributed by atoms with E-state index in [0.717, 1.165) is 18.8 Å². The van der Waals surface area contributed by atoms with Crippen LogP contribution in [0, 0.1) is 0 Å². The second-order valence-corrected chi connectivity index (χ2v) is 5.73. The van der Waals surface area contributed by atoms with Crippen LogP contribution in [0.5, 0.6) is 0 Å². The number of ether oxygens (including phenoxy) is 1. The van der Waals surface area contributed by atoms with Gasteiger partial charge in [0.2, 0.25) is 17.8 Å². The summed E-state index contributed by atoms with van der Waals surface area (Å²) in [6.07, 6.45) is 1.57. The first-order valence-corrected chi connectivity index (χ1v) is 8.30. The lowest BCUT2D eigenvalue weighted by atomic mass is 10.3. The van der Waals surface area contributed by atoms with Gasteiger partial charge >= 0.3 is 0 Å². The average molecular weight is 353 g/mol. The van der Waals surface area contributed by atoms with Crippen LogP contribution >= 0.6 is 0 Å². The zero-order valence-electron chi connectivity index (χ0n) is 14.3. The molecule has 10 nitrogen and oxygen atoms in total. The number of rotatable bonds is 5. The number of aromatic nitrogens is 6. The van der Waals surface area contributed by atoms with Crippen molar-refractivity contribution in [3.63, 3.8) is 0 Å². The molecule has 3 aromatic rings. The molecular formula is C16H19N9O. The van der Waals surface area contributed by atoms with Crippen LogP contribution in [0.25, 0.3) is 0 Å². The minimum absolute atomic E-state index is 0.410. The lowest BCUT2D eigenvalue weighted by Crippen LogP contribution is -2.37. The van der Waals surface area contributed by atoms with Crippen molar-refractivity contribution >= 4 is 29.4 Å². The molecular weight excluding hydrogens is 334 g/mol. The molecule has 0 atom stereocenters. The van der Waals surface area contributed by atoms with Gasteiger partial charge in [0.25, 0.3) is 0 Å². The van der Waals surface area contributed by atoms with Crippen LogP contribution in [0.4, 0.5) is 29.4 Å². The highest BCUT2D eigenvalue weighted by Gasteiger charge is 2.19. The number of H-pyrrole nitrogens is 1. The third-order valence-electron chi connectivity index (χ3n) is 4.00.